The largest absolute Gasteiger partial charge is 0.343 e. The summed E-state index contributed by atoms with van der Waals surface area (Å²) >= 11 is 1.45. The monoisotopic (exact) mass is 506 g/mol. The van der Waals surface area contributed by atoms with Crippen molar-refractivity contribution in [3.8, 4) is 0 Å². The summed E-state index contributed by atoms with van der Waals surface area (Å²) in [4.78, 5) is 50.2. The number of fused-ring (bicyclic) bond motifs is 3. The number of pyridine rings is 1. The van der Waals surface area contributed by atoms with E-state index in [9.17, 15) is 9.59 Å². The summed E-state index contributed by atoms with van der Waals surface area (Å²) in [5, 5.41) is 1.53. The molecule has 0 unspecified atom stereocenters. The molecule has 0 spiro atoms. The van der Waals surface area contributed by atoms with E-state index in [-0.39, 0.29) is 11.8 Å². The van der Waals surface area contributed by atoms with Crippen LogP contribution in [0.5, 0.6) is 0 Å². The molecule has 2 fully saturated rings. The van der Waals surface area contributed by atoms with Gasteiger partial charge in [0.05, 0.1) is 6.33 Å². The predicted octanol–water partition coefficient (Wildman–Crippen LogP) is 3.93. The summed E-state index contributed by atoms with van der Waals surface area (Å²) in [5.41, 5.74) is 3.38. The van der Waals surface area contributed by atoms with Crippen LogP contribution in [0.1, 0.15) is 58.5 Å². The Labute approximate surface area is 212 Å². The summed E-state index contributed by atoms with van der Waals surface area (Å²) in [6.45, 7) is 4.56. The number of H-pyrrole nitrogens is 1. The Morgan fingerprint density at radius 2 is 1.81 bits per heavy atom. The molecule has 10 nitrogen and oxygen atoms in total. The van der Waals surface area contributed by atoms with E-state index in [0.717, 1.165) is 52.6 Å². The van der Waals surface area contributed by atoms with Crippen molar-refractivity contribution in [1.29, 1.82) is 0 Å². The average molecular weight is 507 g/mol. The Hall–Kier alpha value is -3.47. The van der Waals surface area contributed by atoms with E-state index < -0.39 is 0 Å². The van der Waals surface area contributed by atoms with Gasteiger partial charge in [0.25, 0.3) is 11.8 Å². The molecule has 6 rings (SSSR count). The van der Waals surface area contributed by atoms with Gasteiger partial charge < -0.3 is 24.3 Å². The van der Waals surface area contributed by atoms with E-state index in [1.165, 1.54) is 16.2 Å². The Bertz CT molecular complexity index is 1500. The number of rotatable bonds is 7. The minimum Gasteiger partial charge on any atom is -0.343 e. The molecule has 4 aromatic rings. The number of aromatic nitrogens is 5. The van der Waals surface area contributed by atoms with Crippen LogP contribution in [0.2, 0.25) is 0 Å². The van der Waals surface area contributed by atoms with E-state index >= 15 is 0 Å². The van der Waals surface area contributed by atoms with Crippen LogP contribution in [0, 0.1) is 6.92 Å². The predicted molar refractivity (Wildman–Crippen MR) is 140 cm³/mol. The SMILES string of the molecule is CCn1c(C(=O)N(C2CC2)C2CC2)cc2c3nc[nH]c3c(N(C)c3nc(C(=O)N(C)C)c(C)s3)nc21. The maximum absolute atomic E-state index is 13.7. The first-order valence-electron chi connectivity index (χ1n) is 12.4. The highest BCUT2D eigenvalue weighted by Gasteiger charge is 2.43. The molecular formula is C25H30N8O2S. The Morgan fingerprint density at radius 1 is 1.11 bits per heavy atom. The number of aromatic amines is 1. The van der Waals surface area contributed by atoms with Gasteiger partial charge >= 0.3 is 0 Å². The minimum atomic E-state index is -0.127. The highest BCUT2D eigenvalue weighted by atomic mass is 32.1. The molecule has 2 saturated carbocycles. The fourth-order valence-corrected chi connectivity index (χ4v) is 5.76. The van der Waals surface area contributed by atoms with E-state index in [4.69, 9.17) is 4.98 Å². The van der Waals surface area contributed by atoms with Crippen LogP contribution in [0.3, 0.4) is 0 Å². The third kappa shape index (κ3) is 3.56. The van der Waals surface area contributed by atoms with E-state index in [1.807, 2.05) is 36.4 Å². The molecule has 4 aromatic heterocycles. The summed E-state index contributed by atoms with van der Waals surface area (Å²) < 4.78 is 2.01. The van der Waals surface area contributed by atoms with Gasteiger partial charge in [0.2, 0.25) is 0 Å². The Kier molecular flexibility index (Phi) is 5.29. The molecule has 1 N–H and O–H groups in total. The molecule has 2 aliphatic carbocycles. The fraction of sp³-hybridized carbons (Fsp3) is 0.480. The van der Waals surface area contributed by atoms with Crippen molar-refractivity contribution in [2.75, 3.05) is 26.0 Å². The fourth-order valence-electron chi connectivity index (χ4n) is 4.89. The topological polar surface area (TPSA) is 103 Å². The maximum Gasteiger partial charge on any atom is 0.273 e. The number of nitrogens with one attached hydrogen (secondary N) is 1. The smallest absolute Gasteiger partial charge is 0.273 e. The normalized spacial score (nSPS) is 15.6. The summed E-state index contributed by atoms with van der Waals surface area (Å²) in [5.74, 6) is 0.624. The van der Waals surface area contributed by atoms with Gasteiger partial charge in [-0.2, -0.15) is 0 Å². The van der Waals surface area contributed by atoms with Crippen LogP contribution < -0.4 is 4.90 Å². The molecule has 0 saturated heterocycles. The molecule has 36 heavy (non-hydrogen) atoms. The van der Waals surface area contributed by atoms with Gasteiger partial charge in [0.15, 0.2) is 10.9 Å². The minimum absolute atomic E-state index is 0.0980. The molecule has 0 bridgehead atoms. The van der Waals surface area contributed by atoms with Crippen LogP contribution in [0.4, 0.5) is 10.9 Å². The van der Waals surface area contributed by atoms with Crippen LogP contribution in [-0.2, 0) is 6.54 Å². The number of hydrogen-bond donors (Lipinski definition) is 1. The van der Waals surface area contributed by atoms with Crippen molar-refractivity contribution in [3.05, 3.63) is 28.7 Å². The number of carbonyl (C=O) groups is 2. The van der Waals surface area contributed by atoms with E-state index in [1.54, 1.807) is 20.4 Å². The van der Waals surface area contributed by atoms with Crippen molar-refractivity contribution >= 4 is 56.2 Å². The number of thiazole rings is 1. The first-order chi connectivity index (χ1) is 17.3. The quantitative estimate of drug-likeness (QED) is 0.407. The highest BCUT2D eigenvalue weighted by Crippen LogP contribution is 2.40. The second kappa shape index (κ2) is 8.29. The van der Waals surface area contributed by atoms with Gasteiger partial charge in [-0.15, -0.1) is 11.3 Å². The summed E-state index contributed by atoms with van der Waals surface area (Å²) in [7, 11) is 5.34. The Morgan fingerprint density at radius 3 is 2.42 bits per heavy atom. The Balaban J connectivity index is 1.47. The van der Waals surface area contributed by atoms with Gasteiger partial charge in [0, 0.05) is 50.0 Å². The molecule has 11 heteroatoms. The van der Waals surface area contributed by atoms with Crippen molar-refractivity contribution < 1.29 is 9.59 Å². The maximum atomic E-state index is 13.7. The van der Waals surface area contributed by atoms with Crippen LogP contribution >= 0.6 is 11.3 Å². The van der Waals surface area contributed by atoms with Crippen LogP contribution in [-0.4, -0.2) is 79.3 Å². The molecule has 0 aromatic carbocycles. The molecule has 2 aliphatic rings. The number of anilines is 2. The molecule has 188 valence electrons. The molecule has 0 atom stereocenters. The zero-order chi connectivity index (χ0) is 25.3. The van der Waals surface area contributed by atoms with Crippen molar-refractivity contribution in [2.45, 2.75) is 58.2 Å². The van der Waals surface area contributed by atoms with Gasteiger partial charge in [-0.3, -0.25) is 9.59 Å². The lowest BCUT2D eigenvalue weighted by Gasteiger charge is -2.22. The van der Waals surface area contributed by atoms with E-state index in [0.29, 0.717) is 41.0 Å². The van der Waals surface area contributed by atoms with Gasteiger partial charge in [-0.1, -0.05) is 0 Å². The van der Waals surface area contributed by atoms with E-state index in [2.05, 4.69) is 19.9 Å². The molecule has 0 radical (unpaired) electrons. The second-order valence-corrected chi connectivity index (χ2v) is 11.1. The van der Waals surface area contributed by atoms with Crippen molar-refractivity contribution in [3.63, 3.8) is 0 Å². The van der Waals surface area contributed by atoms with Crippen molar-refractivity contribution in [2.24, 2.45) is 0 Å². The number of hydrogen-bond acceptors (Lipinski definition) is 7. The number of aryl methyl sites for hydroxylation is 2. The summed E-state index contributed by atoms with van der Waals surface area (Å²) in [6.07, 6.45) is 6.03. The third-order valence-electron chi connectivity index (χ3n) is 7.05. The average Bonchev–Trinajstić information content (AvgIpc) is 3.75. The molecule has 4 heterocycles. The highest BCUT2D eigenvalue weighted by molar-refractivity contribution is 7.15. The zero-order valence-electron chi connectivity index (χ0n) is 21.2. The number of imidazole rings is 1. The molecular weight excluding hydrogens is 476 g/mol. The number of amides is 2. The van der Waals surface area contributed by atoms with Gasteiger partial charge in [-0.05, 0) is 45.6 Å². The lowest BCUT2D eigenvalue weighted by Crippen LogP contribution is -2.36. The second-order valence-electron chi connectivity index (χ2n) is 9.91. The molecule has 0 aliphatic heterocycles. The van der Waals surface area contributed by atoms with Gasteiger partial charge in [-0.25, -0.2) is 15.0 Å². The summed E-state index contributed by atoms with van der Waals surface area (Å²) in [6, 6.07) is 2.71. The standard InChI is InChI=1S/C25H30N8O2S/c1-6-32-17(23(34)33(14-7-8-14)15-9-10-15)11-16-19-20(27-12-26-19)22(29-21(16)32)31(5)25-28-18(13(2)36-25)24(35)30(3)4/h11-12,14-15H,6-10H2,1-5H3,(H,26,27). The van der Waals surface area contributed by atoms with Crippen LogP contribution in [0.15, 0.2) is 12.4 Å². The van der Waals surface area contributed by atoms with Crippen molar-refractivity contribution in [1.82, 2.24) is 34.3 Å². The number of carbonyl (C=O) groups excluding carboxylic acids is 2. The number of nitrogens with zero attached hydrogens (tertiary/aromatic N) is 7. The molecule has 2 amide bonds. The van der Waals surface area contributed by atoms with Crippen LogP contribution in [0.25, 0.3) is 22.1 Å². The first-order valence-corrected chi connectivity index (χ1v) is 13.2. The lowest BCUT2D eigenvalue weighted by molar-refractivity contribution is 0.0719. The van der Waals surface area contributed by atoms with Gasteiger partial charge in [0.1, 0.15) is 28.1 Å². The third-order valence-corrected chi connectivity index (χ3v) is 8.09. The lowest BCUT2D eigenvalue weighted by atomic mass is 10.2. The first kappa shape index (κ1) is 23.0. The zero-order valence-corrected chi connectivity index (χ0v) is 22.0.